The molecule has 0 saturated carbocycles. The molecule has 206 valence electrons. The van der Waals surface area contributed by atoms with Crippen LogP contribution < -0.4 is 16.4 Å². The van der Waals surface area contributed by atoms with Crippen LogP contribution in [0.4, 0.5) is 17.3 Å². The Bertz CT molecular complexity index is 1790. The zero-order chi connectivity index (χ0) is 28.7. The van der Waals surface area contributed by atoms with Gasteiger partial charge in [0.2, 0.25) is 5.95 Å². The van der Waals surface area contributed by atoms with Gasteiger partial charge in [0.25, 0.3) is 5.91 Å². The number of amides is 1. The maximum absolute atomic E-state index is 13.2. The second-order valence-electron chi connectivity index (χ2n) is 9.87. The second-order valence-corrected chi connectivity index (χ2v) is 9.87. The van der Waals surface area contributed by atoms with Crippen LogP contribution in [0.3, 0.4) is 0 Å². The largest absolute Gasteiger partial charge is 0.350 e. The Hall–Kier alpha value is -5.53. The summed E-state index contributed by atoms with van der Waals surface area (Å²) in [7, 11) is 0. The molecule has 0 unspecified atom stereocenters. The van der Waals surface area contributed by atoms with Crippen LogP contribution in [0.25, 0.3) is 22.2 Å². The third-order valence-corrected chi connectivity index (χ3v) is 6.95. The minimum absolute atomic E-state index is 0.208. The van der Waals surface area contributed by atoms with Crippen molar-refractivity contribution in [2.45, 2.75) is 13.1 Å². The second kappa shape index (κ2) is 12.3. The maximum Gasteiger partial charge on any atom is 0.255 e. The number of para-hydroxylation sites is 1. The van der Waals surface area contributed by atoms with Crippen LogP contribution in [0.15, 0.2) is 134 Å². The average Bonchev–Trinajstić information content (AvgIpc) is 3.30. The van der Waals surface area contributed by atoms with Gasteiger partial charge in [-0.2, -0.15) is 0 Å². The fraction of sp³-hybridized carbons (Fsp3) is 0.0571. The third kappa shape index (κ3) is 6.11. The van der Waals surface area contributed by atoms with Gasteiger partial charge in [0, 0.05) is 53.4 Å². The van der Waals surface area contributed by atoms with Crippen molar-refractivity contribution in [3.63, 3.8) is 0 Å². The van der Waals surface area contributed by atoms with E-state index < -0.39 is 0 Å². The molecule has 4 N–H and O–H groups in total. The van der Waals surface area contributed by atoms with Crippen molar-refractivity contribution < 1.29 is 4.79 Å². The lowest BCUT2D eigenvalue weighted by atomic mass is 10.1. The Kier molecular flexibility index (Phi) is 7.83. The van der Waals surface area contributed by atoms with Gasteiger partial charge in [0.1, 0.15) is 0 Å². The molecule has 1 aliphatic heterocycles. The summed E-state index contributed by atoms with van der Waals surface area (Å²) in [6, 6.07) is 31.3. The molecule has 7 nitrogen and oxygen atoms in total. The Balaban J connectivity index is 1.19. The fourth-order valence-corrected chi connectivity index (χ4v) is 4.81. The van der Waals surface area contributed by atoms with Gasteiger partial charge in [-0.25, -0.2) is 9.97 Å². The normalized spacial score (nSPS) is 12.4. The van der Waals surface area contributed by atoms with E-state index in [2.05, 4.69) is 15.5 Å². The molecule has 0 aliphatic carbocycles. The van der Waals surface area contributed by atoms with E-state index in [1.807, 2.05) is 122 Å². The summed E-state index contributed by atoms with van der Waals surface area (Å²) >= 11 is 0. The smallest absolute Gasteiger partial charge is 0.255 e. The van der Waals surface area contributed by atoms with E-state index in [0.29, 0.717) is 30.3 Å². The number of anilines is 3. The highest BCUT2D eigenvalue weighted by atomic mass is 16.1. The Morgan fingerprint density at radius 1 is 0.786 bits per heavy atom. The van der Waals surface area contributed by atoms with Crippen molar-refractivity contribution >= 4 is 34.1 Å². The standard InChI is InChI=1S/C35H30N6O/c36-23-28-15-14-25(24-41-20-8-1-2-9-21-41)22-32(28)38-34(42)27-16-18-29(19-17-27)37-35-39-31-13-7-6-12-30(31)33(40-35)26-10-4-3-5-11-26/h1-22H,23-24,36H2,(H,38,42)(H,37,39,40). The SMILES string of the molecule is NCc1ccc(CN2C=CC=CC=C2)cc1NC(=O)c1ccc(Nc2nc(-c3ccccc3)c3ccccc3n2)cc1. The number of allylic oxidation sites excluding steroid dienone is 4. The van der Waals surface area contributed by atoms with Crippen LogP contribution in [0, 0.1) is 0 Å². The van der Waals surface area contributed by atoms with Crippen LogP contribution >= 0.6 is 0 Å². The van der Waals surface area contributed by atoms with Crippen LogP contribution in [0.1, 0.15) is 21.5 Å². The van der Waals surface area contributed by atoms with Crippen molar-refractivity contribution in [1.82, 2.24) is 14.9 Å². The van der Waals surface area contributed by atoms with Gasteiger partial charge >= 0.3 is 0 Å². The molecule has 2 heterocycles. The van der Waals surface area contributed by atoms with Crippen LogP contribution in [0.5, 0.6) is 0 Å². The summed E-state index contributed by atoms with van der Waals surface area (Å²) in [5, 5.41) is 7.34. The summed E-state index contributed by atoms with van der Waals surface area (Å²) in [4.78, 5) is 24.8. The first-order valence-corrected chi connectivity index (χ1v) is 13.8. The summed E-state index contributed by atoms with van der Waals surface area (Å²) in [5.41, 5.74) is 12.7. The lowest BCUT2D eigenvalue weighted by Gasteiger charge is -2.17. The lowest BCUT2D eigenvalue weighted by molar-refractivity contribution is 0.102. The number of fused-ring (bicyclic) bond motifs is 1. The molecule has 1 aromatic heterocycles. The van der Waals surface area contributed by atoms with Crippen molar-refractivity contribution in [1.29, 1.82) is 0 Å². The van der Waals surface area contributed by atoms with Crippen LogP contribution in [-0.4, -0.2) is 20.8 Å². The van der Waals surface area contributed by atoms with Gasteiger partial charge in [-0.1, -0.05) is 72.8 Å². The van der Waals surface area contributed by atoms with Gasteiger partial charge in [-0.3, -0.25) is 4.79 Å². The monoisotopic (exact) mass is 550 g/mol. The molecule has 4 aromatic carbocycles. The summed E-state index contributed by atoms with van der Waals surface area (Å²) in [6.07, 6.45) is 12.0. The Morgan fingerprint density at radius 3 is 2.29 bits per heavy atom. The van der Waals surface area contributed by atoms with Gasteiger partial charge in [-0.15, -0.1) is 0 Å². The quantitative estimate of drug-likeness (QED) is 0.190. The predicted molar refractivity (Wildman–Crippen MR) is 170 cm³/mol. The number of rotatable bonds is 8. The molecule has 42 heavy (non-hydrogen) atoms. The number of hydrogen-bond donors (Lipinski definition) is 3. The molecule has 1 aliphatic rings. The highest BCUT2D eigenvalue weighted by Gasteiger charge is 2.13. The number of nitrogens with two attached hydrogens (primary N) is 1. The summed E-state index contributed by atoms with van der Waals surface area (Å²) < 4.78 is 0. The first-order chi connectivity index (χ1) is 20.7. The first kappa shape index (κ1) is 26.7. The Morgan fingerprint density at radius 2 is 1.52 bits per heavy atom. The molecule has 0 bridgehead atoms. The highest BCUT2D eigenvalue weighted by Crippen LogP contribution is 2.28. The number of benzene rings is 4. The molecule has 5 aromatic rings. The molecule has 0 radical (unpaired) electrons. The van der Waals surface area contributed by atoms with E-state index >= 15 is 0 Å². The number of nitrogens with one attached hydrogen (secondary N) is 2. The molecular weight excluding hydrogens is 520 g/mol. The minimum Gasteiger partial charge on any atom is -0.350 e. The minimum atomic E-state index is -0.208. The number of carbonyl (C=O) groups excluding carboxylic acids is 1. The predicted octanol–water partition coefficient (Wildman–Crippen LogP) is 7.15. The molecule has 0 atom stereocenters. The molecule has 6 rings (SSSR count). The van der Waals surface area contributed by atoms with Gasteiger partial charge in [0.05, 0.1) is 11.2 Å². The van der Waals surface area contributed by atoms with Gasteiger partial charge in [-0.05, 0) is 59.7 Å². The van der Waals surface area contributed by atoms with Crippen molar-refractivity contribution in [2.75, 3.05) is 10.6 Å². The van der Waals surface area contributed by atoms with Crippen LogP contribution in [0.2, 0.25) is 0 Å². The molecule has 0 saturated heterocycles. The molecule has 1 amide bonds. The number of aromatic nitrogens is 2. The maximum atomic E-state index is 13.2. The first-order valence-electron chi connectivity index (χ1n) is 13.8. The van der Waals surface area contributed by atoms with E-state index in [1.54, 1.807) is 12.1 Å². The zero-order valence-electron chi connectivity index (χ0n) is 22.9. The number of hydrogen-bond acceptors (Lipinski definition) is 6. The average molecular weight is 551 g/mol. The van der Waals surface area contributed by atoms with Gasteiger partial charge in [0.15, 0.2) is 0 Å². The van der Waals surface area contributed by atoms with E-state index in [1.165, 1.54) is 0 Å². The number of carbonyl (C=O) groups is 1. The van der Waals surface area contributed by atoms with Crippen molar-refractivity contribution in [3.8, 4) is 11.3 Å². The summed E-state index contributed by atoms with van der Waals surface area (Å²) in [6.45, 7) is 0.995. The topological polar surface area (TPSA) is 96.2 Å². The van der Waals surface area contributed by atoms with E-state index in [9.17, 15) is 4.79 Å². The lowest BCUT2D eigenvalue weighted by Crippen LogP contribution is -2.15. The zero-order valence-corrected chi connectivity index (χ0v) is 22.9. The number of nitrogens with zero attached hydrogens (tertiary/aromatic N) is 3. The molecule has 0 spiro atoms. The fourth-order valence-electron chi connectivity index (χ4n) is 4.81. The van der Waals surface area contributed by atoms with E-state index in [4.69, 9.17) is 15.7 Å². The van der Waals surface area contributed by atoms with Gasteiger partial charge < -0.3 is 21.3 Å². The van der Waals surface area contributed by atoms with Crippen LogP contribution in [-0.2, 0) is 13.1 Å². The summed E-state index contributed by atoms with van der Waals surface area (Å²) in [5.74, 6) is 0.277. The van der Waals surface area contributed by atoms with Crippen molar-refractivity contribution in [2.24, 2.45) is 5.73 Å². The molecule has 0 fully saturated rings. The Labute approximate surface area is 244 Å². The third-order valence-electron chi connectivity index (χ3n) is 6.95. The molecule has 7 heteroatoms. The molecular formula is C35H30N6O. The van der Waals surface area contributed by atoms with Crippen molar-refractivity contribution in [3.05, 3.63) is 150 Å². The highest BCUT2D eigenvalue weighted by molar-refractivity contribution is 6.05. The van der Waals surface area contributed by atoms with E-state index in [0.717, 1.165) is 39.0 Å². The van der Waals surface area contributed by atoms with E-state index in [-0.39, 0.29) is 5.91 Å².